The van der Waals surface area contributed by atoms with Gasteiger partial charge in [0.25, 0.3) is 0 Å². The van der Waals surface area contributed by atoms with Gasteiger partial charge in [0, 0.05) is 13.7 Å². The Kier molecular flexibility index (Phi) is 6.98. The molecule has 0 aliphatic heterocycles. The smallest absolute Gasteiger partial charge is 0.234 e. The second-order valence-electron chi connectivity index (χ2n) is 2.63. The number of carbonyl (C=O) groups excluding carboxylic acids is 1. The number of rotatable bonds is 6. The molecule has 0 aromatic rings. The van der Waals surface area contributed by atoms with Crippen molar-refractivity contribution in [2.24, 2.45) is 0 Å². The van der Waals surface area contributed by atoms with Crippen LogP contribution >= 0.6 is 0 Å². The van der Waals surface area contributed by atoms with Crippen molar-refractivity contribution in [3.8, 4) is 12.3 Å². The second-order valence-corrected chi connectivity index (χ2v) is 2.63. The van der Waals surface area contributed by atoms with Crippen molar-refractivity contribution in [1.82, 2.24) is 10.6 Å². The molecule has 1 amide bonds. The first-order chi connectivity index (χ1) is 6.20. The number of carbonyl (C=O) groups is 1. The average Bonchev–Trinajstić information content (AvgIpc) is 2.12. The van der Waals surface area contributed by atoms with Crippen LogP contribution in [-0.4, -0.2) is 38.8 Å². The largest absolute Gasteiger partial charge is 0.383 e. The van der Waals surface area contributed by atoms with Gasteiger partial charge in [-0.25, -0.2) is 0 Å². The first-order valence-electron chi connectivity index (χ1n) is 4.16. The van der Waals surface area contributed by atoms with Gasteiger partial charge in [0.05, 0.1) is 19.2 Å². The summed E-state index contributed by atoms with van der Waals surface area (Å²) in [6.45, 7) is 3.29. The zero-order valence-electron chi connectivity index (χ0n) is 8.09. The van der Waals surface area contributed by atoms with Gasteiger partial charge >= 0.3 is 0 Å². The van der Waals surface area contributed by atoms with Crippen LogP contribution in [0.2, 0.25) is 0 Å². The lowest BCUT2D eigenvalue weighted by Crippen LogP contribution is -2.39. The normalized spacial score (nSPS) is 11.8. The van der Waals surface area contributed by atoms with E-state index in [2.05, 4.69) is 16.6 Å². The summed E-state index contributed by atoms with van der Waals surface area (Å²) in [6.07, 6.45) is 5.09. The summed E-state index contributed by atoms with van der Waals surface area (Å²) in [5.74, 6) is 2.32. The maximum Gasteiger partial charge on any atom is 0.234 e. The molecule has 0 saturated heterocycles. The quantitative estimate of drug-likeness (QED) is 0.426. The lowest BCUT2D eigenvalue weighted by molar-refractivity contribution is -0.120. The highest BCUT2D eigenvalue weighted by atomic mass is 16.5. The molecule has 2 N–H and O–H groups in total. The maximum atomic E-state index is 11.1. The van der Waals surface area contributed by atoms with Crippen LogP contribution in [0, 0.1) is 12.3 Å². The Hall–Kier alpha value is -1.05. The fourth-order valence-electron chi connectivity index (χ4n) is 0.710. The van der Waals surface area contributed by atoms with Gasteiger partial charge in [-0.3, -0.25) is 4.79 Å². The van der Waals surface area contributed by atoms with E-state index in [1.807, 2.05) is 0 Å². The standard InChI is InChI=1S/C9H16N2O2/c1-4-8(2)11-9(12)7-10-5-6-13-3/h1,8,10H,5-7H2,2-3H3,(H,11,12). The van der Waals surface area contributed by atoms with Crippen molar-refractivity contribution in [2.75, 3.05) is 26.8 Å². The molecule has 1 unspecified atom stereocenters. The topological polar surface area (TPSA) is 50.4 Å². The summed E-state index contributed by atoms with van der Waals surface area (Å²) in [5.41, 5.74) is 0. The van der Waals surface area contributed by atoms with Crippen LogP contribution < -0.4 is 10.6 Å². The third-order valence-electron chi connectivity index (χ3n) is 1.40. The Bertz CT molecular complexity index is 187. The summed E-state index contributed by atoms with van der Waals surface area (Å²) in [5, 5.41) is 5.54. The first-order valence-corrected chi connectivity index (χ1v) is 4.16. The number of amides is 1. The maximum absolute atomic E-state index is 11.1. The number of hydrogen-bond acceptors (Lipinski definition) is 3. The van der Waals surface area contributed by atoms with Crippen molar-refractivity contribution in [3.63, 3.8) is 0 Å². The molecule has 4 nitrogen and oxygen atoms in total. The molecular weight excluding hydrogens is 168 g/mol. The van der Waals surface area contributed by atoms with Gasteiger partial charge < -0.3 is 15.4 Å². The highest BCUT2D eigenvalue weighted by molar-refractivity contribution is 5.78. The molecule has 0 aromatic heterocycles. The van der Waals surface area contributed by atoms with Gasteiger partial charge in [-0.15, -0.1) is 6.42 Å². The van der Waals surface area contributed by atoms with E-state index in [9.17, 15) is 4.79 Å². The molecule has 4 heteroatoms. The molecular formula is C9H16N2O2. The Balaban J connectivity index is 3.36. The molecule has 74 valence electrons. The fraction of sp³-hybridized carbons (Fsp3) is 0.667. The minimum Gasteiger partial charge on any atom is -0.383 e. The van der Waals surface area contributed by atoms with Crippen molar-refractivity contribution >= 4 is 5.91 Å². The zero-order chi connectivity index (χ0) is 10.1. The molecule has 0 aromatic carbocycles. The van der Waals surface area contributed by atoms with Gasteiger partial charge in [-0.2, -0.15) is 0 Å². The highest BCUT2D eigenvalue weighted by Gasteiger charge is 2.02. The van der Waals surface area contributed by atoms with E-state index in [1.165, 1.54) is 0 Å². The molecule has 13 heavy (non-hydrogen) atoms. The summed E-state index contributed by atoms with van der Waals surface area (Å²) in [7, 11) is 1.61. The van der Waals surface area contributed by atoms with Crippen LogP contribution in [0.4, 0.5) is 0 Å². The Morgan fingerprint density at radius 1 is 1.69 bits per heavy atom. The number of hydrogen-bond donors (Lipinski definition) is 2. The van der Waals surface area contributed by atoms with Crippen LogP contribution in [0.3, 0.4) is 0 Å². The van der Waals surface area contributed by atoms with Gasteiger partial charge in [0.15, 0.2) is 0 Å². The van der Waals surface area contributed by atoms with E-state index in [-0.39, 0.29) is 18.5 Å². The second kappa shape index (κ2) is 7.59. The van der Waals surface area contributed by atoms with Gasteiger partial charge in [-0.1, -0.05) is 5.92 Å². The number of terminal acetylenes is 1. The van der Waals surface area contributed by atoms with Gasteiger partial charge in [0.2, 0.25) is 5.91 Å². The van der Waals surface area contributed by atoms with Crippen LogP contribution in [-0.2, 0) is 9.53 Å². The molecule has 0 bridgehead atoms. The summed E-state index contributed by atoms with van der Waals surface area (Å²) in [6, 6.07) is -0.211. The predicted molar refractivity (Wildman–Crippen MR) is 51.2 cm³/mol. The number of nitrogens with one attached hydrogen (secondary N) is 2. The third-order valence-corrected chi connectivity index (χ3v) is 1.40. The van der Waals surface area contributed by atoms with Gasteiger partial charge in [-0.05, 0) is 6.92 Å². The van der Waals surface area contributed by atoms with Crippen LogP contribution in [0.1, 0.15) is 6.92 Å². The minimum absolute atomic E-state index is 0.0958. The van der Waals surface area contributed by atoms with Crippen molar-refractivity contribution < 1.29 is 9.53 Å². The highest BCUT2D eigenvalue weighted by Crippen LogP contribution is 1.75. The Morgan fingerprint density at radius 2 is 2.38 bits per heavy atom. The predicted octanol–water partition coefficient (Wildman–Crippen LogP) is -0.640. The average molecular weight is 184 g/mol. The molecule has 0 aliphatic rings. The van der Waals surface area contributed by atoms with E-state index in [0.717, 1.165) is 0 Å². The van der Waals surface area contributed by atoms with Crippen molar-refractivity contribution in [2.45, 2.75) is 13.0 Å². The van der Waals surface area contributed by atoms with E-state index in [1.54, 1.807) is 14.0 Å². The number of ether oxygens (including phenoxy) is 1. The lowest BCUT2D eigenvalue weighted by Gasteiger charge is -2.08. The lowest BCUT2D eigenvalue weighted by atomic mass is 10.3. The molecule has 0 saturated carbocycles. The summed E-state index contributed by atoms with van der Waals surface area (Å²) < 4.78 is 4.80. The Labute approximate surface area is 79.0 Å². The van der Waals surface area contributed by atoms with E-state index in [4.69, 9.17) is 11.2 Å². The van der Waals surface area contributed by atoms with Crippen LogP contribution in [0.15, 0.2) is 0 Å². The molecule has 0 spiro atoms. The van der Waals surface area contributed by atoms with Crippen molar-refractivity contribution in [3.05, 3.63) is 0 Å². The minimum atomic E-state index is -0.211. The van der Waals surface area contributed by atoms with E-state index < -0.39 is 0 Å². The first kappa shape index (κ1) is 11.9. The zero-order valence-corrected chi connectivity index (χ0v) is 8.09. The van der Waals surface area contributed by atoms with E-state index >= 15 is 0 Å². The molecule has 0 aliphatic carbocycles. The molecule has 0 heterocycles. The molecule has 0 fully saturated rings. The SMILES string of the molecule is C#CC(C)NC(=O)CNCCOC. The number of methoxy groups -OCH3 is 1. The molecule has 0 rings (SSSR count). The summed E-state index contributed by atoms with van der Waals surface area (Å²) >= 11 is 0. The molecule has 1 atom stereocenters. The molecule has 0 radical (unpaired) electrons. The van der Waals surface area contributed by atoms with E-state index in [0.29, 0.717) is 13.2 Å². The Morgan fingerprint density at radius 3 is 2.92 bits per heavy atom. The third kappa shape index (κ3) is 7.32. The monoisotopic (exact) mass is 184 g/mol. The van der Waals surface area contributed by atoms with Gasteiger partial charge in [0.1, 0.15) is 0 Å². The van der Waals surface area contributed by atoms with Crippen molar-refractivity contribution in [1.29, 1.82) is 0 Å². The summed E-state index contributed by atoms with van der Waals surface area (Å²) in [4.78, 5) is 11.1. The fourth-order valence-corrected chi connectivity index (χ4v) is 0.710. The van der Waals surface area contributed by atoms with Crippen LogP contribution in [0.5, 0.6) is 0 Å². The van der Waals surface area contributed by atoms with Crippen LogP contribution in [0.25, 0.3) is 0 Å².